The fraction of sp³-hybridized carbons (Fsp3) is 0.462. The van der Waals surface area contributed by atoms with Gasteiger partial charge in [0.1, 0.15) is 0 Å². The minimum atomic E-state index is -0.867. The number of hydrogen-bond acceptors (Lipinski definition) is 3. The maximum Gasteiger partial charge on any atom is 0.303 e. The zero-order valence-electron chi connectivity index (χ0n) is 11.4. The third-order valence-electron chi connectivity index (χ3n) is 2.58. The molecular formula is C13H19N3O3. The Morgan fingerprint density at radius 2 is 2.21 bits per heavy atom. The molecule has 1 amide bonds. The summed E-state index contributed by atoms with van der Waals surface area (Å²) < 4.78 is 1.65. The molecule has 0 bridgehead atoms. The van der Waals surface area contributed by atoms with Crippen LogP contribution in [0.2, 0.25) is 0 Å². The van der Waals surface area contributed by atoms with Gasteiger partial charge in [-0.2, -0.15) is 5.10 Å². The van der Waals surface area contributed by atoms with Gasteiger partial charge < -0.3 is 10.4 Å². The molecule has 0 atom stereocenters. The van der Waals surface area contributed by atoms with Crippen molar-refractivity contribution >= 4 is 18.0 Å². The SMILES string of the molecule is Cn1cc(C=CC(=O)NC(C)(C)CCC(=O)O)cn1. The molecule has 6 heteroatoms. The largest absolute Gasteiger partial charge is 0.481 e. The number of carboxylic acid groups (broad SMARTS) is 1. The van der Waals surface area contributed by atoms with Gasteiger partial charge in [0.2, 0.25) is 5.91 Å². The second-order valence-electron chi connectivity index (χ2n) is 5.05. The van der Waals surface area contributed by atoms with Crippen molar-refractivity contribution in [2.75, 3.05) is 0 Å². The van der Waals surface area contributed by atoms with Gasteiger partial charge in [-0.3, -0.25) is 14.3 Å². The van der Waals surface area contributed by atoms with Gasteiger partial charge >= 0.3 is 5.97 Å². The maximum absolute atomic E-state index is 11.7. The second kappa shape index (κ2) is 6.17. The molecule has 0 aromatic carbocycles. The number of carboxylic acids is 1. The molecule has 1 rings (SSSR count). The zero-order chi connectivity index (χ0) is 14.5. The third kappa shape index (κ3) is 5.85. The Morgan fingerprint density at radius 3 is 2.74 bits per heavy atom. The number of aromatic nitrogens is 2. The Bertz CT molecular complexity index is 489. The maximum atomic E-state index is 11.7. The van der Waals surface area contributed by atoms with Gasteiger partial charge in [-0.1, -0.05) is 0 Å². The van der Waals surface area contributed by atoms with E-state index in [2.05, 4.69) is 10.4 Å². The molecule has 6 nitrogen and oxygen atoms in total. The molecule has 0 aliphatic carbocycles. The number of nitrogens with zero attached hydrogens (tertiary/aromatic N) is 2. The summed E-state index contributed by atoms with van der Waals surface area (Å²) in [5.74, 6) is -1.12. The van der Waals surface area contributed by atoms with Crippen molar-refractivity contribution in [3.8, 4) is 0 Å². The van der Waals surface area contributed by atoms with Crippen molar-refractivity contribution in [1.29, 1.82) is 0 Å². The molecule has 0 aliphatic rings. The van der Waals surface area contributed by atoms with Crippen LogP contribution >= 0.6 is 0 Å². The van der Waals surface area contributed by atoms with Crippen molar-refractivity contribution in [2.45, 2.75) is 32.2 Å². The minimum Gasteiger partial charge on any atom is -0.481 e. The molecule has 1 heterocycles. The van der Waals surface area contributed by atoms with E-state index >= 15 is 0 Å². The van der Waals surface area contributed by atoms with E-state index in [0.29, 0.717) is 6.42 Å². The summed E-state index contributed by atoms with van der Waals surface area (Å²) in [6, 6.07) is 0. The topological polar surface area (TPSA) is 84.2 Å². The van der Waals surface area contributed by atoms with E-state index in [9.17, 15) is 9.59 Å². The lowest BCUT2D eigenvalue weighted by atomic mass is 9.98. The molecule has 1 aromatic rings. The summed E-state index contributed by atoms with van der Waals surface area (Å²) in [6.07, 6.45) is 6.93. The number of amides is 1. The van der Waals surface area contributed by atoms with Gasteiger partial charge in [-0.15, -0.1) is 0 Å². The lowest BCUT2D eigenvalue weighted by Crippen LogP contribution is -2.42. The summed E-state index contributed by atoms with van der Waals surface area (Å²) >= 11 is 0. The van der Waals surface area contributed by atoms with Crippen molar-refractivity contribution in [3.63, 3.8) is 0 Å². The lowest BCUT2D eigenvalue weighted by molar-refractivity contribution is -0.137. The fourth-order valence-electron chi connectivity index (χ4n) is 1.56. The first kappa shape index (κ1) is 14.9. The molecule has 0 unspecified atom stereocenters. The van der Waals surface area contributed by atoms with Crippen molar-refractivity contribution in [3.05, 3.63) is 24.0 Å². The molecule has 0 radical (unpaired) electrons. The van der Waals surface area contributed by atoms with Crippen LogP contribution in [-0.2, 0) is 16.6 Å². The molecule has 2 N–H and O–H groups in total. The van der Waals surface area contributed by atoms with E-state index in [0.717, 1.165) is 5.56 Å². The Hall–Kier alpha value is -2.11. The van der Waals surface area contributed by atoms with Crippen molar-refractivity contribution in [1.82, 2.24) is 15.1 Å². The highest BCUT2D eigenvalue weighted by Crippen LogP contribution is 2.11. The Balaban J connectivity index is 2.50. The summed E-state index contributed by atoms with van der Waals surface area (Å²) in [7, 11) is 1.80. The summed E-state index contributed by atoms with van der Waals surface area (Å²) in [5, 5.41) is 15.4. The van der Waals surface area contributed by atoms with Gasteiger partial charge in [0, 0.05) is 36.8 Å². The van der Waals surface area contributed by atoms with Gasteiger partial charge in [0.05, 0.1) is 6.20 Å². The van der Waals surface area contributed by atoms with Crippen LogP contribution in [0.1, 0.15) is 32.3 Å². The van der Waals surface area contributed by atoms with Crippen molar-refractivity contribution < 1.29 is 14.7 Å². The highest BCUT2D eigenvalue weighted by atomic mass is 16.4. The Labute approximate surface area is 112 Å². The Kier molecular flexibility index (Phi) is 4.86. The van der Waals surface area contributed by atoms with Gasteiger partial charge in [-0.05, 0) is 26.3 Å². The molecule has 0 fully saturated rings. The van der Waals surface area contributed by atoms with E-state index in [1.165, 1.54) is 6.08 Å². The molecule has 1 aromatic heterocycles. The molecule has 0 saturated carbocycles. The van der Waals surface area contributed by atoms with Gasteiger partial charge in [0.25, 0.3) is 0 Å². The van der Waals surface area contributed by atoms with E-state index < -0.39 is 11.5 Å². The van der Waals surface area contributed by atoms with E-state index in [4.69, 9.17) is 5.11 Å². The zero-order valence-corrected chi connectivity index (χ0v) is 11.4. The molecule has 0 aliphatic heterocycles. The number of aryl methyl sites for hydroxylation is 1. The molecule has 104 valence electrons. The first-order valence-corrected chi connectivity index (χ1v) is 5.99. The monoisotopic (exact) mass is 265 g/mol. The molecule has 19 heavy (non-hydrogen) atoms. The Morgan fingerprint density at radius 1 is 1.53 bits per heavy atom. The average molecular weight is 265 g/mol. The van der Waals surface area contributed by atoms with Crippen LogP contribution < -0.4 is 5.32 Å². The third-order valence-corrected chi connectivity index (χ3v) is 2.58. The number of nitrogens with one attached hydrogen (secondary N) is 1. The quantitative estimate of drug-likeness (QED) is 0.757. The summed E-state index contributed by atoms with van der Waals surface area (Å²) in [4.78, 5) is 22.2. The molecular weight excluding hydrogens is 246 g/mol. The van der Waals surface area contributed by atoms with Crippen LogP contribution in [0.3, 0.4) is 0 Å². The average Bonchev–Trinajstić information content (AvgIpc) is 2.69. The van der Waals surface area contributed by atoms with Crippen LogP contribution in [0, 0.1) is 0 Å². The number of carbonyl (C=O) groups is 2. The number of carbonyl (C=O) groups excluding carboxylic acids is 1. The van der Waals surface area contributed by atoms with Gasteiger partial charge in [-0.25, -0.2) is 0 Å². The first-order chi connectivity index (χ1) is 8.78. The standard InChI is InChI=1S/C13H19N3O3/c1-13(2,7-6-12(18)19)15-11(17)5-4-10-8-14-16(3)9-10/h4-5,8-9H,6-7H2,1-3H3,(H,15,17)(H,18,19). The van der Waals surface area contributed by atoms with Gasteiger partial charge in [0.15, 0.2) is 0 Å². The highest BCUT2D eigenvalue weighted by molar-refractivity contribution is 5.92. The highest BCUT2D eigenvalue weighted by Gasteiger charge is 2.20. The van der Waals surface area contributed by atoms with E-state index in [1.54, 1.807) is 44.0 Å². The fourth-order valence-corrected chi connectivity index (χ4v) is 1.56. The summed E-state index contributed by atoms with van der Waals surface area (Å²) in [6.45, 7) is 3.59. The van der Waals surface area contributed by atoms with Crippen LogP contribution in [0.25, 0.3) is 6.08 Å². The first-order valence-electron chi connectivity index (χ1n) is 5.99. The van der Waals surface area contributed by atoms with Crippen LogP contribution in [0.5, 0.6) is 0 Å². The number of rotatable bonds is 6. The predicted molar refractivity (Wildman–Crippen MR) is 71.3 cm³/mol. The number of hydrogen-bond donors (Lipinski definition) is 2. The lowest BCUT2D eigenvalue weighted by Gasteiger charge is -2.24. The van der Waals surface area contributed by atoms with Crippen LogP contribution in [0.15, 0.2) is 18.5 Å². The molecule has 0 saturated heterocycles. The summed E-state index contributed by atoms with van der Waals surface area (Å²) in [5.41, 5.74) is 0.287. The number of aliphatic carboxylic acids is 1. The minimum absolute atomic E-state index is 0.0274. The van der Waals surface area contributed by atoms with Crippen molar-refractivity contribution in [2.24, 2.45) is 7.05 Å². The normalized spacial score (nSPS) is 11.7. The van der Waals surface area contributed by atoms with E-state index in [1.807, 2.05) is 0 Å². The second-order valence-corrected chi connectivity index (χ2v) is 5.05. The van der Waals surface area contributed by atoms with E-state index in [-0.39, 0.29) is 12.3 Å². The molecule has 0 spiro atoms. The smallest absolute Gasteiger partial charge is 0.303 e. The predicted octanol–water partition coefficient (Wildman–Crippen LogP) is 1.19. The van der Waals surface area contributed by atoms with Crippen LogP contribution in [0.4, 0.5) is 0 Å². The van der Waals surface area contributed by atoms with Crippen LogP contribution in [-0.4, -0.2) is 32.3 Å².